The second-order valence-corrected chi connectivity index (χ2v) is 8.67. The molecule has 0 aliphatic rings. The highest BCUT2D eigenvalue weighted by Crippen LogP contribution is 2.18. The van der Waals surface area contributed by atoms with Crippen molar-refractivity contribution in [1.82, 2.24) is 14.9 Å². The first-order chi connectivity index (χ1) is 12.7. The Bertz CT molecular complexity index is 840. The molecule has 0 unspecified atom stereocenters. The minimum absolute atomic E-state index is 0.0791. The highest BCUT2D eigenvalue weighted by molar-refractivity contribution is 7.99. The number of thioether (sulfide) groups is 1. The predicted octanol–water partition coefficient (Wildman–Crippen LogP) is 3.22. The zero-order valence-electron chi connectivity index (χ0n) is 16.7. The molecule has 0 atom stereocenters. The number of nitrogens with one attached hydrogen (secondary N) is 1. The van der Waals surface area contributed by atoms with Crippen molar-refractivity contribution in [2.45, 2.75) is 64.4 Å². The highest BCUT2D eigenvalue weighted by atomic mass is 32.2. The minimum Gasteiger partial charge on any atom is -0.379 e. The van der Waals surface area contributed by atoms with Gasteiger partial charge in [0, 0.05) is 18.7 Å². The number of hydrogen-bond donors (Lipinski definition) is 1. The Morgan fingerprint density at radius 2 is 2.00 bits per heavy atom. The van der Waals surface area contributed by atoms with Crippen LogP contribution in [0.4, 0.5) is 0 Å². The molecule has 1 aromatic heterocycles. The average Bonchev–Trinajstić information content (AvgIpc) is 2.57. The number of rotatable bonds is 8. The molecular weight excluding hydrogens is 362 g/mol. The predicted molar refractivity (Wildman–Crippen MR) is 110 cm³/mol. The van der Waals surface area contributed by atoms with Crippen LogP contribution in [0.25, 0.3) is 10.9 Å². The standard InChI is InChI=1S/C20H29N3O3S/c1-14(2)26-12-8-11-23-18(25)15-9-6-7-10-16(15)21-19(23)27-13-17(24)22-20(3,4)5/h6-7,9-10,14H,8,11-13H2,1-5H3,(H,22,24). The number of carbonyl (C=O) groups excluding carboxylic acids is 1. The van der Waals surface area contributed by atoms with Crippen molar-refractivity contribution < 1.29 is 9.53 Å². The molecule has 0 spiro atoms. The van der Waals surface area contributed by atoms with Crippen LogP contribution in [0.3, 0.4) is 0 Å². The monoisotopic (exact) mass is 391 g/mol. The lowest BCUT2D eigenvalue weighted by atomic mass is 10.1. The van der Waals surface area contributed by atoms with Crippen molar-refractivity contribution in [3.63, 3.8) is 0 Å². The van der Waals surface area contributed by atoms with E-state index < -0.39 is 0 Å². The Balaban J connectivity index is 2.22. The summed E-state index contributed by atoms with van der Waals surface area (Å²) >= 11 is 1.29. The summed E-state index contributed by atoms with van der Waals surface area (Å²) in [6, 6.07) is 7.30. The van der Waals surface area contributed by atoms with E-state index in [9.17, 15) is 9.59 Å². The number of nitrogens with zero attached hydrogens (tertiary/aromatic N) is 2. The number of benzene rings is 1. The number of amides is 1. The van der Waals surface area contributed by atoms with E-state index in [1.165, 1.54) is 11.8 Å². The lowest BCUT2D eigenvalue weighted by Crippen LogP contribution is -2.41. The Morgan fingerprint density at radius 3 is 2.67 bits per heavy atom. The van der Waals surface area contributed by atoms with Crippen LogP contribution < -0.4 is 10.9 Å². The fourth-order valence-corrected chi connectivity index (χ4v) is 3.41. The van der Waals surface area contributed by atoms with Crippen LogP contribution >= 0.6 is 11.8 Å². The molecule has 148 valence electrons. The molecule has 6 nitrogen and oxygen atoms in total. The second-order valence-electron chi connectivity index (χ2n) is 7.73. The number of fused-ring (bicyclic) bond motifs is 1. The number of aromatic nitrogens is 2. The summed E-state index contributed by atoms with van der Waals surface area (Å²) in [7, 11) is 0. The molecule has 1 amide bonds. The van der Waals surface area contributed by atoms with Crippen molar-refractivity contribution in [3.05, 3.63) is 34.6 Å². The van der Waals surface area contributed by atoms with Crippen molar-refractivity contribution in [3.8, 4) is 0 Å². The molecule has 0 bridgehead atoms. The Hall–Kier alpha value is -1.86. The van der Waals surface area contributed by atoms with Gasteiger partial charge >= 0.3 is 0 Å². The van der Waals surface area contributed by atoms with Crippen molar-refractivity contribution in [2.24, 2.45) is 0 Å². The van der Waals surface area contributed by atoms with E-state index in [1.54, 1.807) is 10.6 Å². The van der Waals surface area contributed by atoms with E-state index in [0.29, 0.717) is 35.6 Å². The maximum atomic E-state index is 12.9. The molecule has 7 heteroatoms. The molecule has 1 heterocycles. The van der Waals surface area contributed by atoms with Gasteiger partial charge in [-0.3, -0.25) is 14.2 Å². The van der Waals surface area contributed by atoms with Gasteiger partial charge in [0.05, 0.1) is 22.8 Å². The molecule has 0 aliphatic heterocycles. The highest BCUT2D eigenvalue weighted by Gasteiger charge is 2.16. The Labute approximate surface area is 164 Å². The molecule has 0 saturated heterocycles. The van der Waals surface area contributed by atoms with Gasteiger partial charge in [-0.25, -0.2) is 4.98 Å². The summed E-state index contributed by atoms with van der Waals surface area (Å²) in [5.74, 6) is 0.134. The molecule has 1 N–H and O–H groups in total. The van der Waals surface area contributed by atoms with Crippen LogP contribution in [-0.2, 0) is 16.1 Å². The first kappa shape index (κ1) is 21.4. The second kappa shape index (κ2) is 9.37. The summed E-state index contributed by atoms with van der Waals surface area (Å²) < 4.78 is 7.23. The maximum Gasteiger partial charge on any atom is 0.262 e. The molecule has 2 aromatic rings. The minimum atomic E-state index is -0.289. The van der Waals surface area contributed by atoms with Crippen LogP contribution in [0.2, 0.25) is 0 Å². The third-order valence-electron chi connectivity index (χ3n) is 3.65. The number of hydrogen-bond acceptors (Lipinski definition) is 5. The number of para-hydroxylation sites is 1. The molecule has 0 aliphatic carbocycles. The van der Waals surface area contributed by atoms with Gasteiger partial charge in [-0.2, -0.15) is 0 Å². The molecule has 0 radical (unpaired) electrons. The molecule has 0 fully saturated rings. The largest absolute Gasteiger partial charge is 0.379 e. The molecule has 27 heavy (non-hydrogen) atoms. The van der Waals surface area contributed by atoms with E-state index in [2.05, 4.69) is 10.3 Å². The SMILES string of the molecule is CC(C)OCCCn1c(SCC(=O)NC(C)(C)C)nc2ccccc2c1=O. The Morgan fingerprint density at radius 1 is 1.30 bits per heavy atom. The first-order valence-electron chi connectivity index (χ1n) is 9.22. The zero-order chi connectivity index (χ0) is 20.0. The zero-order valence-corrected chi connectivity index (χ0v) is 17.6. The van der Waals surface area contributed by atoms with Crippen LogP contribution in [0.5, 0.6) is 0 Å². The quantitative estimate of drug-likeness (QED) is 0.425. The summed E-state index contributed by atoms with van der Waals surface area (Å²) in [4.78, 5) is 29.7. The Kier molecular flexibility index (Phi) is 7.44. The van der Waals surface area contributed by atoms with Gasteiger partial charge in [0.15, 0.2) is 5.16 Å². The van der Waals surface area contributed by atoms with E-state index >= 15 is 0 Å². The lowest BCUT2D eigenvalue weighted by Gasteiger charge is -2.20. The van der Waals surface area contributed by atoms with Gasteiger partial charge in [-0.05, 0) is 53.2 Å². The maximum absolute atomic E-state index is 12.9. The van der Waals surface area contributed by atoms with Gasteiger partial charge < -0.3 is 10.1 Å². The van der Waals surface area contributed by atoms with Gasteiger partial charge in [0.1, 0.15) is 0 Å². The molecule has 2 rings (SSSR count). The topological polar surface area (TPSA) is 73.2 Å². The molecular formula is C20H29N3O3S. The van der Waals surface area contributed by atoms with E-state index in [1.807, 2.05) is 52.8 Å². The van der Waals surface area contributed by atoms with Crippen molar-refractivity contribution >= 4 is 28.6 Å². The van der Waals surface area contributed by atoms with Gasteiger partial charge in [-0.1, -0.05) is 23.9 Å². The van der Waals surface area contributed by atoms with Gasteiger partial charge in [0.25, 0.3) is 5.56 Å². The number of carbonyl (C=O) groups is 1. The van der Waals surface area contributed by atoms with Crippen LogP contribution in [-0.4, -0.2) is 39.5 Å². The first-order valence-corrected chi connectivity index (χ1v) is 10.2. The van der Waals surface area contributed by atoms with Crippen molar-refractivity contribution in [2.75, 3.05) is 12.4 Å². The third kappa shape index (κ3) is 6.66. The summed E-state index contributed by atoms with van der Waals surface area (Å²) in [5.41, 5.74) is 0.280. The van der Waals surface area contributed by atoms with Gasteiger partial charge in [-0.15, -0.1) is 0 Å². The fraction of sp³-hybridized carbons (Fsp3) is 0.550. The molecule has 0 saturated carbocycles. The fourth-order valence-electron chi connectivity index (χ4n) is 2.58. The van der Waals surface area contributed by atoms with Crippen LogP contribution in [0.1, 0.15) is 41.0 Å². The van der Waals surface area contributed by atoms with Crippen molar-refractivity contribution in [1.29, 1.82) is 0 Å². The van der Waals surface area contributed by atoms with Crippen LogP contribution in [0, 0.1) is 0 Å². The lowest BCUT2D eigenvalue weighted by molar-refractivity contribution is -0.119. The van der Waals surface area contributed by atoms with E-state index in [0.717, 1.165) is 0 Å². The summed E-state index contributed by atoms with van der Waals surface area (Å²) in [6.07, 6.45) is 0.867. The van der Waals surface area contributed by atoms with E-state index in [4.69, 9.17) is 4.74 Å². The normalized spacial score (nSPS) is 11.9. The summed E-state index contributed by atoms with van der Waals surface area (Å²) in [6.45, 7) is 10.9. The van der Waals surface area contributed by atoms with Crippen LogP contribution in [0.15, 0.2) is 34.2 Å². The third-order valence-corrected chi connectivity index (χ3v) is 4.63. The van der Waals surface area contributed by atoms with Gasteiger partial charge in [0.2, 0.25) is 5.91 Å². The van der Waals surface area contributed by atoms with E-state index in [-0.39, 0.29) is 28.9 Å². The molecule has 1 aromatic carbocycles. The number of ether oxygens (including phenoxy) is 1. The summed E-state index contributed by atoms with van der Waals surface area (Å²) in [5, 5.41) is 4.08. The smallest absolute Gasteiger partial charge is 0.262 e. The average molecular weight is 392 g/mol.